The zero-order chi connectivity index (χ0) is 21.5. The number of sulfone groups is 2. The van der Waals surface area contributed by atoms with Gasteiger partial charge in [-0.3, -0.25) is 0 Å². The summed E-state index contributed by atoms with van der Waals surface area (Å²) in [5.41, 5.74) is 3.47. The van der Waals surface area contributed by atoms with E-state index in [1.54, 1.807) is 12.1 Å². The predicted octanol–water partition coefficient (Wildman–Crippen LogP) is 3.42. The Kier molecular flexibility index (Phi) is 5.81. The normalized spacial score (nSPS) is 25.9. The van der Waals surface area contributed by atoms with Crippen LogP contribution in [0.1, 0.15) is 55.3 Å². The van der Waals surface area contributed by atoms with E-state index in [-0.39, 0.29) is 22.4 Å². The Labute approximate surface area is 179 Å². The van der Waals surface area contributed by atoms with Crippen molar-refractivity contribution in [1.82, 2.24) is 5.32 Å². The van der Waals surface area contributed by atoms with Gasteiger partial charge in [-0.05, 0) is 54.0 Å². The first-order chi connectivity index (χ1) is 14.2. The molecular weight excluding hydrogens is 418 g/mol. The highest BCUT2D eigenvalue weighted by atomic mass is 32.2. The van der Waals surface area contributed by atoms with Crippen LogP contribution in [0.25, 0.3) is 0 Å². The van der Waals surface area contributed by atoms with E-state index in [0.29, 0.717) is 5.92 Å². The van der Waals surface area contributed by atoms with Gasteiger partial charge < -0.3 is 5.32 Å². The zero-order valence-electron chi connectivity index (χ0n) is 17.4. The van der Waals surface area contributed by atoms with E-state index in [0.717, 1.165) is 30.4 Å². The van der Waals surface area contributed by atoms with Gasteiger partial charge in [-0.1, -0.05) is 50.2 Å². The third-order valence-corrected chi connectivity index (χ3v) is 10.5. The summed E-state index contributed by atoms with van der Waals surface area (Å²) in [6.07, 6.45) is 2.88. The van der Waals surface area contributed by atoms with Crippen LogP contribution >= 0.6 is 0 Å². The van der Waals surface area contributed by atoms with Crippen LogP contribution < -0.4 is 5.32 Å². The standard InChI is InChI=1S/C23H29NO4S2/c1-16(2)17-10-12-19(13-11-17)30(27,28)23-15-29(25,26)14-22(23)24-21-9-5-7-18-6-3-4-8-20(18)21/h3-4,6,8,10-13,16,21-24H,5,7,9,14-15H2,1-2H3/t21?,22-,23-/m0/s1. The van der Waals surface area contributed by atoms with E-state index in [1.807, 2.05) is 24.3 Å². The van der Waals surface area contributed by atoms with E-state index in [2.05, 4.69) is 31.3 Å². The highest BCUT2D eigenvalue weighted by Gasteiger charge is 2.46. The lowest BCUT2D eigenvalue weighted by Gasteiger charge is -2.31. The minimum absolute atomic E-state index is 0.0192. The Morgan fingerprint density at radius 3 is 2.40 bits per heavy atom. The molecule has 30 heavy (non-hydrogen) atoms. The molecule has 0 radical (unpaired) electrons. The average Bonchev–Trinajstić information content (AvgIpc) is 3.03. The Morgan fingerprint density at radius 1 is 1.00 bits per heavy atom. The third-order valence-electron chi connectivity index (χ3n) is 6.36. The van der Waals surface area contributed by atoms with Crippen LogP contribution in [0, 0.1) is 0 Å². The van der Waals surface area contributed by atoms with Gasteiger partial charge in [0.15, 0.2) is 19.7 Å². The van der Waals surface area contributed by atoms with Crippen molar-refractivity contribution in [2.75, 3.05) is 11.5 Å². The first-order valence-electron chi connectivity index (χ1n) is 10.6. The van der Waals surface area contributed by atoms with Crippen molar-refractivity contribution in [2.45, 2.75) is 61.3 Å². The van der Waals surface area contributed by atoms with E-state index >= 15 is 0 Å². The third kappa shape index (κ3) is 4.20. The van der Waals surface area contributed by atoms with E-state index in [9.17, 15) is 16.8 Å². The molecule has 1 N–H and O–H groups in total. The van der Waals surface area contributed by atoms with Crippen LogP contribution in [0.2, 0.25) is 0 Å². The minimum atomic E-state index is -3.77. The van der Waals surface area contributed by atoms with Gasteiger partial charge in [0, 0.05) is 12.1 Å². The highest BCUT2D eigenvalue weighted by Crippen LogP contribution is 2.33. The quantitative estimate of drug-likeness (QED) is 0.760. The molecular formula is C23H29NO4S2. The minimum Gasteiger partial charge on any atom is -0.305 e. The van der Waals surface area contributed by atoms with Crippen molar-refractivity contribution in [1.29, 1.82) is 0 Å². The fourth-order valence-electron chi connectivity index (χ4n) is 4.68. The molecule has 162 valence electrons. The molecule has 1 aliphatic carbocycles. The number of aryl methyl sites for hydroxylation is 1. The Balaban J connectivity index is 1.63. The number of rotatable bonds is 5. The lowest BCUT2D eigenvalue weighted by molar-refractivity contribution is 0.410. The van der Waals surface area contributed by atoms with Crippen molar-refractivity contribution in [3.63, 3.8) is 0 Å². The molecule has 1 saturated heterocycles. The molecule has 0 saturated carbocycles. The second kappa shape index (κ2) is 8.09. The van der Waals surface area contributed by atoms with Gasteiger partial charge in [0.1, 0.15) is 0 Å². The van der Waals surface area contributed by atoms with Crippen LogP contribution in [0.15, 0.2) is 53.4 Å². The molecule has 0 bridgehead atoms. The molecule has 2 aromatic rings. The molecule has 0 amide bonds. The van der Waals surface area contributed by atoms with Gasteiger partial charge in [0.05, 0.1) is 21.7 Å². The van der Waals surface area contributed by atoms with Gasteiger partial charge in [-0.15, -0.1) is 0 Å². The number of nitrogens with one attached hydrogen (secondary N) is 1. The molecule has 0 aromatic heterocycles. The van der Waals surface area contributed by atoms with Crippen LogP contribution in [-0.4, -0.2) is 39.6 Å². The molecule has 3 atom stereocenters. The Bertz CT molecular complexity index is 1120. The molecule has 5 nitrogen and oxygen atoms in total. The SMILES string of the molecule is CC(C)c1ccc(S(=O)(=O)[C@H]2CS(=O)(=O)C[C@@H]2NC2CCCc3ccccc32)cc1. The van der Waals surface area contributed by atoms with Gasteiger partial charge >= 0.3 is 0 Å². The molecule has 1 heterocycles. The maximum Gasteiger partial charge on any atom is 0.183 e. The van der Waals surface area contributed by atoms with Gasteiger partial charge in [0.25, 0.3) is 0 Å². The summed E-state index contributed by atoms with van der Waals surface area (Å²) in [5.74, 6) is -0.165. The van der Waals surface area contributed by atoms with E-state index in [4.69, 9.17) is 0 Å². The lowest BCUT2D eigenvalue weighted by atomic mass is 9.87. The van der Waals surface area contributed by atoms with Crippen molar-refractivity contribution >= 4 is 19.7 Å². The van der Waals surface area contributed by atoms with Crippen molar-refractivity contribution in [3.05, 3.63) is 65.2 Å². The second-order valence-electron chi connectivity index (χ2n) is 8.80. The smallest absolute Gasteiger partial charge is 0.183 e. The van der Waals surface area contributed by atoms with Crippen molar-refractivity contribution < 1.29 is 16.8 Å². The molecule has 4 rings (SSSR count). The summed E-state index contributed by atoms with van der Waals surface area (Å²) in [5, 5.41) is 2.46. The summed E-state index contributed by atoms with van der Waals surface area (Å²) in [4.78, 5) is 0.199. The number of fused-ring (bicyclic) bond motifs is 1. The topological polar surface area (TPSA) is 80.3 Å². The molecule has 7 heteroatoms. The number of hydrogen-bond donors (Lipinski definition) is 1. The fraction of sp³-hybridized carbons (Fsp3) is 0.478. The van der Waals surface area contributed by atoms with Crippen LogP contribution in [0.3, 0.4) is 0 Å². The Morgan fingerprint density at radius 2 is 1.70 bits per heavy atom. The lowest BCUT2D eigenvalue weighted by Crippen LogP contribution is -2.45. The van der Waals surface area contributed by atoms with Gasteiger partial charge in [0.2, 0.25) is 0 Å². The van der Waals surface area contributed by atoms with Crippen molar-refractivity contribution in [2.24, 2.45) is 0 Å². The first kappa shape index (κ1) is 21.5. The predicted molar refractivity (Wildman–Crippen MR) is 119 cm³/mol. The molecule has 1 unspecified atom stereocenters. The molecule has 1 aliphatic heterocycles. The zero-order valence-corrected chi connectivity index (χ0v) is 19.0. The summed E-state index contributed by atoms with van der Waals surface area (Å²) in [6.45, 7) is 4.10. The number of hydrogen-bond acceptors (Lipinski definition) is 5. The van der Waals surface area contributed by atoms with Crippen LogP contribution in [0.4, 0.5) is 0 Å². The summed E-state index contributed by atoms with van der Waals surface area (Å²) in [6, 6.07) is 14.4. The van der Waals surface area contributed by atoms with E-state index < -0.39 is 31.0 Å². The molecule has 1 fully saturated rings. The molecule has 0 spiro atoms. The number of benzene rings is 2. The second-order valence-corrected chi connectivity index (χ2v) is 13.1. The van der Waals surface area contributed by atoms with Crippen LogP contribution in [0.5, 0.6) is 0 Å². The highest BCUT2D eigenvalue weighted by molar-refractivity contribution is 7.96. The maximum atomic E-state index is 13.4. The van der Waals surface area contributed by atoms with E-state index in [1.165, 1.54) is 5.56 Å². The summed E-state index contributed by atoms with van der Waals surface area (Å²) >= 11 is 0. The largest absolute Gasteiger partial charge is 0.305 e. The molecule has 2 aliphatic rings. The average molecular weight is 448 g/mol. The van der Waals surface area contributed by atoms with Crippen molar-refractivity contribution in [3.8, 4) is 0 Å². The van der Waals surface area contributed by atoms with Gasteiger partial charge in [-0.25, -0.2) is 16.8 Å². The first-order valence-corrected chi connectivity index (χ1v) is 13.9. The Hall–Kier alpha value is -1.70. The fourth-order valence-corrected chi connectivity index (χ4v) is 9.36. The maximum absolute atomic E-state index is 13.4. The monoisotopic (exact) mass is 447 g/mol. The summed E-state index contributed by atoms with van der Waals surface area (Å²) in [7, 11) is -7.20. The molecule has 2 aromatic carbocycles. The van der Waals surface area contributed by atoms with Crippen LogP contribution in [-0.2, 0) is 26.1 Å². The van der Waals surface area contributed by atoms with Gasteiger partial charge in [-0.2, -0.15) is 0 Å². The summed E-state index contributed by atoms with van der Waals surface area (Å²) < 4.78 is 51.7.